The van der Waals surface area contributed by atoms with Gasteiger partial charge >= 0.3 is 30.1 Å². The smallest absolute Gasteiger partial charge is 0.334 e. The molecule has 0 saturated carbocycles. The molecule has 0 aliphatic rings. The fourth-order valence-electron chi connectivity index (χ4n) is 1.29. The van der Waals surface area contributed by atoms with E-state index < -0.39 is 49.3 Å². The Morgan fingerprint density at radius 1 is 0.652 bits per heavy atom. The van der Waals surface area contributed by atoms with E-state index in [1.54, 1.807) is 0 Å². The molecule has 0 saturated heterocycles. The molecule has 0 aromatic carbocycles. The van der Waals surface area contributed by atoms with E-state index in [0.717, 1.165) is 0 Å². The summed E-state index contributed by atoms with van der Waals surface area (Å²) in [6, 6.07) is 0. The van der Waals surface area contributed by atoms with Gasteiger partial charge in [0.15, 0.2) is 0 Å². The van der Waals surface area contributed by atoms with Crippen molar-refractivity contribution in [3.8, 4) is 0 Å². The molecule has 140 valence electrons. The molecular formula is C8H4F14O. The van der Waals surface area contributed by atoms with Gasteiger partial charge < -0.3 is 4.74 Å². The zero-order chi connectivity index (χ0) is 19.1. The molecule has 2 atom stereocenters. The van der Waals surface area contributed by atoms with Gasteiger partial charge in [-0.1, -0.05) is 0 Å². The Morgan fingerprint density at radius 3 is 1.22 bits per heavy atom. The molecule has 0 aromatic rings. The Hall–Kier alpha value is -1.02. The normalized spacial score (nSPS) is 18.9. The van der Waals surface area contributed by atoms with Crippen molar-refractivity contribution >= 4 is 0 Å². The van der Waals surface area contributed by atoms with Gasteiger partial charge in [-0.3, -0.25) is 0 Å². The van der Waals surface area contributed by atoms with Crippen molar-refractivity contribution in [2.24, 2.45) is 0 Å². The highest BCUT2D eigenvalue weighted by atomic mass is 19.4. The number of halogens is 14. The van der Waals surface area contributed by atoms with Crippen LogP contribution in [0, 0.1) is 0 Å². The number of hydrogen-bond donors (Lipinski definition) is 0. The van der Waals surface area contributed by atoms with Gasteiger partial charge in [-0.2, -0.15) is 39.5 Å². The quantitative estimate of drug-likeness (QED) is 0.629. The van der Waals surface area contributed by atoms with Crippen LogP contribution in [0.2, 0.25) is 0 Å². The third-order valence-corrected chi connectivity index (χ3v) is 2.28. The molecule has 1 nitrogen and oxygen atoms in total. The van der Waals surface area contributed by atoms with Gasteiger partial charge in [0.1, 0.15) is 6.61 Å². The molecule has 0 amide bonds. The highest BCUT2D eigenvalue weighted by Gasteiger charge is 2.88. The van der Waals surface area contributed by atoms with Gasteiger partial charge in [0.25, 0.3) is 12.6 Å². The largest absolute Gasteiger partial charge is 0.437 e. The van der Waals surface area contributed by atoms with Crippen molar-refractivity contribution in [3.63, 3.8) is 0 Å². The Bertz CT molecular complexity index is 379. The molecule has 0 aliphatic carbocycles. The summed E-state index contributed by atoms with van der Waals surface area (Å²) < 4.78 is 175. The molecule has 0 bridgehead atoms. The Kier molecular flexibility index (Phi) is 5.85. The van der Waals surface area contributed by atoms with Crippen molar-refractivity contribution in [1.29, 1.82) is 0 Å². The maximum absolute atomic E-state index is 13.6. The lowest BCUT2D eigenvalue weighted by molar-refractivity contribution is -0.442. The number of ether oxygens (including phenoxy) is 1. The summed E-state index contributed by atoms with van der Waals surface area (Å²) in [4.78, 5) is 0. The van der Waals surface area contributed by atoms with Crippen molar-refractivity contribution in [2.45, 2.75) is 42.6 Å². The van der Waals surface area contributed by atoms with Crippen LogP contribution in [0.4, 0.5) is 61.5 Å². The van der Waals surface area contributed by atoms with E-state index in [0.29, 0.717) is 0 Å². The third-order valence-electron chi connectivity index (χ3n) is 2.28. The highest BCUT2D eigenvalue weighted by molar-refractivity contribution is 5.10. The second-order valence-electron chi connectivity index (χ2n) is 3.91. The second kappa shape index (κ2) is 6.12. The minimum atomic E-state index is -7.57. The van der Waals surface area contributed by atoms with Gasteiger partial charge in [0.05, 0.1) is 0 Å². The molecule has 2 unspecified atom stereocenters. The van der Waals surface area contributed by atoms with Crippen LogP contribution in [0.1, 0.15) is 0 Å². The molecule has 0 radical (unpaired) electrons. The lowest BCUT2D eigenvalue weighted by atomic mass is 9.90. The first kappa shape index (κ1) is 22.0. The van der Waals surface area contributed by atoms with Crippen molar-refractivity contribution in [2.75, 3.05) is 6.61 Å². The lowest BCUT2D eigenvalue weighted by Gasteiger charge is -2.42. The van der Waals surface area contributed by atoms with Crippen molar-refractivity contribution in [3.05, 3.63) is 0 Å². The van der Waals surface area contributed by atoms with E-state index in [1.165, 1.54) is 0 Å². The SMILES string of the molecule is FC(F)COC(F)(C(F)C(F)(F)F)C(F)(C(F)(F)F)C(F)(F)F. The average molecular weight is 382 g/mol. The van der Waals surface area contributed by atoms with Crippen LogP contribution < -0.4 is 0 Å². The maximum Gasteiger partial charge on any atom is 0.437 e. The summed E-state index contributed by atoms with van der Waals surface area (Å²) in [5.41, 5.74) is -7.57. The standard InChI is InChI=1S/C8H4F14O/c9-2(10)1-23-4(12,3(11)5(13,14)15)6(16,7(17,18)19)8(20,21)22/h2-3H,1H2. The van der Waals surface area contributed by atoms with Gasteiger partial charge in [0.2, 0.25) is 0 Å². The Morgan fingerprint density at radius 2 is 1.00 bits per heavy atom. The van der Waals surface area contributed by atoms with Crippen LogP contribution in [0.3, 0.4) is 0 Å². The fourth-order valence-corrected chi connectivity index (χ4v) is 1.29. The monoisotopic (exact) mass is 382 g/mol. The van der Waals surface area contributed by atoms with E-state index in [4.69, 9.17) is 0 Å². The van der Waals surface area contributed by atoms with E-state index in [1.807, 2.05) is 0 Å². The molecular weight excluding hydrogens is 378 g/mol. The summed E-state index contributed by atoms with van der Waals surface area (Å²) in [5.74, 6) is -6.89. The van der Waals surface area contributed by atoms with Crippen LogP contribution in [0.5, 0.6) is 0 Å². The molecule has 0 aliphatic heterocycles. The first-order chi connectivity index (χ1) is 9.82. The number of hydrogen-bond acceptors (Lipinski definition) is 1. The van der Waals surface area contributed by atoms with E-state index in [-0.39, 0.29) is 0 Å². The summed E-state index contributed by atoms with van der Waals surface area (Å²) in [5, 5.41) is 0. The Labute approximate surface area is 117 Å². The van der Waals surface area contributed by atoms with Gasteiger partial charge in [0, 0.05) is 0 Å². The zero-order valence-electron chi connectivity index (χ0n) is 10.1. The molecule has 0 aromatic heterocycles. The minimum Gasteiger partial charge on any atom is -0.334 e. The third kappa shape index (κ3) is 3.91. The van der Waals surface area contributed by atoms with Gasteiger partial charge in [-0.15, -0.1) is 0 Å². The van der Waals surface area contributed by atoms with Crippen molar-refractivity contribution in [1.82, 2.24) is 0 Å². The Balaban J connectivity index is 6.39. The van der Waals surface area contributed by atoms with E-state index in [2.05, 4.69) is 4.74 Å². The highest BCUT2D eigenvalue weighted by Crippen LogP contribution is 2.57. The summed E-state index contributed by atoms with van der Waals surface area (Å²) in [6.45, 7) is -2.87. The lowest BCUT2D eigenvalue weighted by Crippen LogP contribution is -2.72. The average Bonchev–Trinajstić information content (AvgIpc) is 2.29. The molecule has 0 fully saturated rings. The van der Waals surface area contributed by atoms with Gasteiger partial charge in [-0.25, -0.2) is 22.0 Å². The number of alkyl halides is 14. The first-order valence-corrected chi connectivity index (χ1v) is 4.96. The number of rotatable bonds is 5. The van der Waals surface area contributed by atoms with Crippen LogP contribution in [0.25, 0.3) is 0 Å². The van der Waals surface area contributed by atoms with E-state index in [9.17, 15) is 61.5 Å². The summed E-state index contributed by atoms with van der Waals surface area (Å²) >= 11 is 0. The maximum atomic E-state index is 13.6. The molecule has 0 N–H and O–H groups in total. The molecule has 15 heteroatoms. The molecule has 0 rings (SSSR count). The van der Waals surface area contributed by atoms with Crippen molar-refractivity contribution < 1.29 is 66.2 Å². The predicted molar refractivity (Wildman–Crippen MR) is 42.7 cm³/mol. The predicted octanol–water partition coefficient (Wildman–Crippen LogP) is 4.67. The minimum absolute atomic E-state index is 2.47. The molecule has 0 spiro atoms. The summed E-state index contributed by atoms with van der Waals surface area (Å²) in [6.07, 6.45) is -31.9. The van der Waals surface area contributed by atoms with Crippen LogP contribution in [0.15, 0.2) is 0 Å². The fraction of sp³-hybridized carbons (Fsp3) is 1.00. The second-order valence-corrected chi connectivity index (χ2v) is 3.91. The van der Waals surface area contributed by atoms with Crippen LogP contribution in [-0.2, 0) is 4.74 Å². The zero-order valence-corrected chi connectivity index (χ0v) is 10.1. The molecule has 23 heavy (non-hydrogen) atoms. The summed E-state index contributed by atoms with van der Waals surface area (Å²) in [7, 11) is 0. The van der Waals surface area contributed by atoms with E-state index >= 15 is 0 Å². The van der Waals surface area contributed by atoms with Crippen LogP contribution >= 0.6 is 0 Å². The van der Waals surface area contributed by atoms with Gasteiger partial charge in [-0.05, 0) is 0 Å². The topological polar surface area (TPSA) is 9.23 Å². The van der Waals surface area contributed by atoms with Crippen LogP contribution in [-0.4, -0.2) is 49.3 Å². The first-order valence-electron chi connectivity index (χ1n) is 4.96. The molecule has 0 heterocycles.